The van der Waals surface area contributed by atoms with Gasteiger partial charge in [0.2, 0.25) is 5.91 Å². The SMILES string of the molecule is CC(C)(C)NC(=O)[C@@H]1C[C@H](Cl)CN1C(=O)[C@@H](O)[C@H](Cc1ccccc1)NC(=O)c1cccc(F)c1. The van der Waals surface area contributed by atoms with E-state index in [0.29, 0.717) is 0 Å². The molecule has 1 aliphatic rings. The molecule has 4 atom stereocenters. The van der Waals surface area contributed by atoms with Crippen LogP contribution in [-0.2, 0) is 16.0 Å². The maximum Gasteiger partial charge on any atom is 0.254 e. The second-order valence-corrected chi connectivity index (χ2v) is 10.4. The maximum absolute atomic E-state index is 13.6. The van der Waals surface area contributed by atoms with Gasteiger partial charge in [0, 0.05) is 17.6 Å². The lowest BCUT2D eigenvalue weighted by Gasteiger charge is -2.32. The average molecular weight is 504 g/mol. The van der Waals surface area contributed by atoms with Crippen LogP contribution in [0.4, 0.5) is 4.39 Å². The molecule has 3 amide bonds. The molecule has 2 aromatic rings. The first-order valence-electron chi connectivity index (χ1n) is 11.5. The lowest BCUT2D eigenvalue weighted by atomic mass is 9.99. The van der Waals surface area contributed by atoms with Crippen LogP contribution in [0, 0.1) is 5.82 Å². The second-order valence-electron chi connectivity index (χ2n) is 9.80. The van der Waals surface area contributed by atoms with Gasteiger partial charge in [-0.15, -0.1) is 11.6 Å². The van der Waals surface area contributed by atoms with Crippen molar-refractivity contribution in [2.75, 3.05) is 6.54 Å². The van der Waals surface area contributed by atoms with Crippen molar-refractivity contribution in [1.29, 1.82) is 0 Å². The number of aliphatic hydroxyl groups excluding tert-OH is 1. The van der Waals surface area contributed by atoms with Crippen LogP contribution in [0.25, 0.3) is 0 Å². The summed E-state index contributed by atoms with van der Waals surface area (Å²) in [5, 5.41) is 16.2. The van der Waals surface area contributed by atoms with E-state index in [9.17, 15) is 23.9 Å². The molecule has 0 aromatic heterocycles. The minimum atomic E-state index is -1.65. The molecule has 3 rings (SSSR count). The Hall–Kier alpha value is -2.97. The first-order chi connectivity index (χ1) is 16.4. The summed E-state index contributed by atoms with van der Waals surface area (Å²) in [6, 6.07) is 12.3. The Balaban J connectivity index is 1.83. The van der Waals surface area contributed by atoms with Crippen LogP contribution < -0.4 is 10.6 Å². The van der Waals surface area contributed by atoms with Gasteiger partial charge in [-0.05, 0) is 57.4 Å². The molecule has 35 heavy (non-hydrogen) atoms. The first-order valence-corrected chi connectivity index (χ1v) is 11.9. The van der Waals surface area contributed by atoms with Gasteiger partial charge in [0.05, 0.1) is 11.4 Å². The Morgan fingerprint density at radius 3 is 2.46 bits per heavy atom. The highest BCUT2D eigenvalue weighted by Gasteiger charge is 2.43. The van der Waals surface area contributed by atoms with Gasteiger partial charge in [0.15, 0.2) is 6.10 Å². The number of amides is 3. The Labute approximate surface area is 209 Å². The molecule has 1 saturated heterocycles. The molecular formula is C26H31ClFN3O4. The predicted octanol–water partition coefficient (Wildman–Crippen LogP) is 2.65. The van der Waals surface area contributed by atoms with Crippen molar-refractivity contribution in [2.45, 2.75) is 62.7 Å². The summed E-state index contributed by atoms with van der Waals surface area (Å²) in [5.74, 6) is -2.27. The average Bonchev–Trinajstić information content (AvgIpc) is 3.19. The van der Waals surface area contributed by atoms with Crippen LogP contribution >= 0.6 is 11.6 Å². The molecule has 7 nitrogen and oxygen atoms in total. The number of nitrogens with one attached hydrogen (secondary N) is 2. The Bertz CT molecular complexity index is 1060. The minimum absolute atomic E-state index is 0.0622. The van der Waals surface area contributed by atoms with Crippen molar-refractivity contribution in [1.82, 2.24) is 15.5 Å². The molecule has 0 spiro atoms. The molecule has 0 radical (unpaired) electrons. The van der Waals surface area contributed by atoms with Crippen molar-refractivity contribution >= 4 is 29.3 Å². The van der Waals surface area contributed by atoms with Crippen molar-refractivity contribution in [3.63, 3.8) is 0 Å². The van der Waals surface area contributed by atoms with Crippen molar-refractivity contribution in [3.05, 3.63) is 71.5 Å². The van der Waals surface area contributed by atoms with E-state index in [-0.39, 0.29) is 30.9 Å². The van der Waals surface area contributed by atoms with Crippen LogP contribution in [0.5, 0.6) is 0 Å². The summed E-state index contributed by atoms with van der Waals surface area (Å²) in [6.45, 7) is 5.58. The van der Waals surface area contributed by atoms with E-state index in [1.165, 1.54) is 23.1 Å². The Morgan fingerprint density at radius 2 is 1.83 bits per heavy atom. The topological polar surface area (TPSA) is 98.7 Å². The van der Waals surface area contributed by atoms with E-state index >= 15 is 0 Å². The molecule has 188 valence electrons. The molecule has 0 unspecified atom stereocenters. The van der Waals surface area contributed by atoms with E-state index in [1.54, 1.807) is 12.1 Å². The molecule has 2 aromatic carbocycles. The van der Waals surface area contributed by atoms with Gasteiger partial charge >= 0.3 is 0 Å². The van der Waals surface area contributed by atoms with Crippen LogP contribution in [0.3, 0.4) is 0 Å². The molecule has 9 heteroatoms. The highest BCUT2D eigenvalue weighted by atomic mass is 35.5. The minimum Gasteiger partial charge on any atom is -0.381 e. The number of hydrogen-bond donors (Lipinski definition) is 3. The molecule has 3 N–H and O–H groups in total. The second kappa shape index (κ2) is 11.2. The number of carbonyl (C=O) groups is 3. The van der Waals surface area contributed by atoms with E-state index in [2.05, 4.69) is 10.6 Å². The van der Waals surface area contributed by atoms with Gasteiger partial charge in [-0.3, -0.25) is 14.4 Å². The van der Waals surface area contributed by atoms with Gasteiger partial charge in [-0.25, -0.2) is 4.39 Å². The number of alkyl halides is 1. The van der Waals surface area contributed by atoms with Gasteiger partial charge in [0.1, 0.15) is 11.9 Å². The zero-order valence-electron chi connectivity index (χ0n) is 20.0. The Morgan fingerprint density at radius 1 is 1.14 bits per heavy atom. The molecular weight excluding hydrogens is 473 g/mol. The number of aliphatic hydroxyl groups is 1. The van der Waals surface area contributed by atoms with Crippen LogP contribution in [0.1, 0.15) is 43.1 Å². The number of hydrogen-bond acceptors (Lipinski definition) is 4. The summed E-state index contributed by atoms with van der Waals surface area (Å²) < 4.78 is 13.6. The van der Waals surface area contributed by atoms with Crippen LogP contribution in [-0.4, -0.2) is 63.4 Å². The third-order valence-electron chi connectivity index (χ3n) is 5.67. The quantitative estimate of drug-likeness (QED) is 0.506. The van der Waals surface area contributed by atoms with E-state index in [1.807, 2.05) is 39.0 Å². The standard InChI is InChI=1S/C26H31ClFN3O4/c1-26(2,3)30-24(34)21-14-18(27)15-31(21)25(35)22(32)20(12-16-8-5-4-6-9-16)29-23(33)17-10-7-11-19(28)13-17/h4-11,13,18,20-22,32H,12,14-15H2,1-3H3,(H,29,33)(H,30,34)/t18-,20-,21-,22-/m0/s1. The van der Waals surface area contributed by atoms with E-state index in [4.69, 9.17) is 11.6 Å². The van der Waals surface area contributed by atoms with Gasteiger partial charge in [-0.1, -0.05) is 36.4 Å². The molecule has 0 aliphatic carbocycles. The van der Waals surface area contributed by atoms with Gasteiger partial charge in [0.25, 0.3) is 11.8 Å². The summed E-state index contributed by atoms with van der Waals surface area (Å²) in [7, 11) is 0. The summed E-state index contributed by atoms with van der Waals surface area (Å²) in [4.78, 5) is 40.4. The van der Waals surface area contributed by atoms with Crippen molar-refractivity contribution < 1.29 is 23.9 Å². The molecule has 0 bridgehead atoms. The molecule has 1 heterocycles. The number of rotatable bonds is 7. The summed E-state index contributed by atoms with van der Waals surface area (Å²) in [5.41, 5.74) is 0.332. The monoisotopic (exact) mass is 503 g/mol. The number of nitrogens with zero attached hydrogens (tertiary/aromatic N) is 1. The number of likely N-dealkylation sites (tertiary alicyclic amines) is 1. The highest BCUT2D eigenvalue weighted by molar-refractivity contribution is 6.21. The largest absolute Gasteiger partial charge is 0.381 e. The van der Waals surface area contributed by atoms with Gasteiger partial charge < -0.3 is 20.6 Å². The predicted molar refractivity (Wildman–Crippen MR) is 131 cm³/mol. The molecule has 1 fully saturated rings. The zero-order chi connectivity index (χ0) is 25.8. The fourth-order valence-electron chi connectivity index (χ4n) is 4.06. The number of halogens is 2. The van der Waals surface area contributed by atoms with Crippen LogP contribution in [0.15, 0.2) is 54.6 Å². The smallest absolute Gasteiger partial charge is 0.254 e. The normalized spacial score (nSPS) is 19.7. The van der Waals surface area contributed by atoms with Crippen molar-refractivity contribution in [3.8, 4) is 0 Å². The van der Waals surface area contributed by atoms with E-state index < -0.39 is 46.7 Å². The number of benzene rings is 2. The highest BCUT2D eigenvalue weighted by Crippen LogP contribution is 2.25. The Kier molecular flexibility index (Phi) is 8.51. The summed E-state index contributed by atoms with van der Waals surface area (Å²) in [6.07, 6.45) is -1.26. The fourth-order valence-corrected chi connectivity index (χ4v) is 4.38. The third kappa shape index (κ3) is 7.26. The summed E-state index contributed by atoms with van der Waals surface area (Å²) >= 11 is 6.29. The molecule has 0 saturated carbocycles. The van der Waals surface area contributed by atoms with Crippen molar-refractivity contribution in [2.24, 2.45) is 0 Å². The first kappa shape index (κ1) is 26.6. The zero-order valence-corrected chi connectivity index (χ0v) is 20.8. The molecule has 1 aliphatic heterocycles. The van der Waals surface area contributed by atoms with Crippen LogP contribution in [0.2, 0.25) is 0 Å². The lowest BCUT2D eigenvalue weighted by molar-refractivity contribution is -0.146. The maximum atomic E-state index is 13.6. The third-order valence-corrected chi connectivity index (χ3v) is 5.99. The van der Waals surface area contributed by atoms with Gasteiger partial charge in [-0.2, -0.15) is 0 Å². The fraction of sp³-hybridized carbons (Fsp3) is 0.423. The number of carbonyl (C=O) groups excluding carboxylic acids is 3. The van der Waals surface area contributed by atoms with E-state index in [0.717, 1.165) is 11.6 Å². The lowest BCUT2D eigenvalue weighted by Crippen LogP contribution is -2.57.